The summed E-state index contributed by atoms with van der Waals surface area (Å²) in [6.45, 7) is 4.29. The Morgan fingerprint density at radius 1 is 1.36 bits per heavy atom. The second-order valence-electron chi connectivity index (χ2n) is 4.17. The summed E-state index contributed by atoms with van der Waals surface area (Å²) in [7, 11) is 0. The smallest absolute Gasteiger partial charge is 0.0207 e. The van der Waals surface area contributed by atoms with Gasteiger partial charge in [0.25, 0.3) is 0 Å². The maximum atomic E-state index is 6.21. The largest absolute Gasteiger partial charge is 0.325 e. The minimum Gasteiger partial charge on any atom is -0.325 e. The summed E-state index contributed by atoms with van der Waals surface area (Å²) in [6, 6.07) is 8.28. The van der Waals surface area contributed by atoms with Crippen LogP contribution in [-0.2, 0) is 6.42 Å². The highest BCUT2D eigenvalue weighted by Crippen LogP contribution is 2.22. The van der Waals surface area contributed by atoms with E-state index in [4.69, 9.17) is 5.73 Å². The molecule has 0 saturated heterocycles. The van der Waals surface area contributed by atoms with Crippen LogP contribution >= 0.6 is 15.9 Å². The third-order valence-electron chi connectivity index (χ3n) is 2.37. The van der Waals surface area contributed by atoms with Gasteiger partial charge in [-0.2, -0.15) is 0 Å². The Labute approximate surface area is 94.8 Å². The summed E-state index contributed by atoms with van der Waals surface area (Å²) < 4.78 is 1.16. The standard InChI is InChI=1S/C12H18BrN/c1-3-8-12(2,14)9-10-6-4-5-7-11(10)13/h4-7H,3,8-9,14H2,1-2H3. The van der Waals surface area contributed by atoms with E-state index in [1.54, 1.807) is 0 Å². The van der Waals surface area contributed by atoms with Gasteiger partial charge < -0.3 is 5.73 Å². The van der Waals surface area contributed by atoms with Crippen LogP contribution in [0.1, 0.15) is 32.3 Å². The lowest BCUT2D eigenvalue weighted by molar-refractivity contribution is 0.424. The van der Waals surface area contributed by atoms with E-state index in [-0.39, 0.29) is 5.54 Å². The second kappa shape index (κ2) is 4.94. The first-order valence-electron chi connectivity index (χ1n) is 5.07. The second-order valence-corrected chi connectivity index (χ2v) is 5.03. The van der Waals surface area contributed by atoms with Crippen LogP contribution in [0.25, 0.3) is 0 Å². The van der Waals surface area contributed by atoms with Gasteiger partial charge in [0.2, 0.25) is 0 Å². The molecule has 0 aromatic heterocycles. The number of halogens is 1. The quantitative estimate of drug-likeness (QED) is 0.876. The topological polar surface area (TPSA) is 26.0 Å². The lowest BCUT2D eigenvalue weighted by Crippen LogP contribution is -2.38. The summed E-state index contributed by atoms with van der Waals surface area (Å²) in [4.78, 5) is 0. The van der Waals surface area contributed by atoms with Crippen molar-refractivity contribution in [1.82, 2.24) is 0 Å². The predicted molar refractivity (Wildman–Crippen MR) is 65.3 cm³/mol. The first-order valence-corrected chi connectivity index (χ1v) is 5.87. The van der Waals surface area contributed by atoms with Crippen molar-refractivity contribution in [3.05, 3.63) is 34.3 Å². The normalized spacial score (nSPS) is 15.1. The van der Waals surface area contributed by atoms with E-state index in [1.165, 1.54) is 5.56 Å². The molecule has 78 valence electrons. The molecule has 0 radical (unpaired) electrons. The molecule has 2 heteroatoms. The van der Waals surface area contributed by atoms with Crippen LogP contribution < -0.4 is 5.73 Å². The zero-order valence-electron chi connectivity index (χ0n) is 8.89. The Morgan fingerprint density at radius 2 is 2.00 bits per heavy atom. The molecule has 0 fully saturated rings. The summed E-state index contributed by atoms with van der Waals surface area (Å²) in [5.41, 5.74) is 7.42. The predicted octanol–water partition coefficient (Wildman–Crippen LogP) is 3.51. The summed E-state index contributed by atoms with van der Waals surface area (Å²) in [5.74, 6) is 0. The number of hydrogen-bond donors (Lipinski definition) is 1. The van der Waals surface area contributed by atoms with Crippen LogP contribution in [0.15, 0.2) is 28.7 Å². The van der Waals surface area contributed by atoms with Crippen molar-refractivity contribution in [1.29, 1.82) is 0 Å². The minimum absolute atomic E-state index is 0.0847. The molecule has 0 aliphatic rings. The van der Waals surface area contributed by atoms with E-state index in [0.717, 1.165) is 23.7 Å². The Hall–Kier alpha value is -0.340. The zero-order valence-corrected chi connectivity index (χ0v) is 10.5. The Morgan fingerprint density at radius 3 is 2.57 bits per heavy atom. The van der Waals surface area contributed by atoms with Crippen LogP contribution in [0, 0.1) is 0 Å². The maximum absolute atomic E-state index is 6.21. The number of nitrogens with two attached hydrogens (primary N) is 1. The summed E-state index contributed by atoms with van der Waals surface area (Å²) in [6.07, 6.45) is 3.13. The van der Waals surface area contributed by atoms with Crippen molar-refractivity contribution >= 4 is 15.9 Å². The highest BCUT2D eigenvalue weighted by molar-refractivity contribution is 9.10. The minimum atomic E-state index is -0.0847. The van der Waals surface area contributed by atoms with Crippen molar-refractivity contribution in [3.8, 4) is 0 Å². The van der Waals surface area contributed by atoms with Crippen LogP contribution in [0.5, 0.6) is 0 Å². The molecule has 1 atom stereocenters. The van der Waals surface area contributed by atoms with E-state index < -0.39 is 0 Å². The molecule has 0 aliphatic carbocycles. The lowest BCUT2D eigenvalue weighted by atomic mass is 9.90. The van der Waals surface area contributed by atoms with Gasteiger partial charge >= 0.3 is 0 Å². The van der Waals surface area contributed by atoms with E-state index in [1.807, 2.05) is 6.07 Å². The Bertz CT molecular complexity index is 294. The summed E-state index contributed by atoms with van der Waals surface area (Å²) in [5, 5.41) is 0. The highest BCUT2D eigenvalue weighted by Gasteiger charge is 2.18. The third kappa shape index (κ3) is 3.43. The van der Waals surface area contributed by atoms with Crippen LogP contribution in [-0.4, -0.2) is 5.54 Å². The molecule has 2 N–H and O–H groups in total. The number of benzene rings is 1. The molecular weight excluding hydrogens is 238 g/mol. The molecule has 0 saturated carbocycles. The van der Waals surface area contributed by atoms with Crippen molar-refractivity contribution in [2.45, 2.75) is 38.6 Å². The third-order valence-corrected chi connectivity index (χ3v) is 3.15. The monoisotopic (exact) mass is 255 g/mol. The molecule has 1 nitrogen and oxygen atoms in total. The first kappa shape index (κ1) is 11.7. The van der Waals surface area contributed by atoms with Crippen molar-refractivity contribution < 1.29 is 0 Å². The molecule has 1 aromatic carbocycles. The molecule has 14 heavy (non-hydrogen) atoms. The molecular formula is C12H18BrN. The average molecular weight is 256 g/mol. The Balaban J connectivity index is 2.73. The molecule has 0 amide bonds. The van der Waals surface area contributed by atoms with Gasteiger partial charge in [0, 0.05) is 10.0 Å². The van der Waals surface area contributed by atoms with Gasteiger partial charge in [-0.1, -0.05) is 47.5 Å². The first-order chi connectivity index (χ1) is 6.55. The zero-order chi connectivity index (χ0) is 10.6. The van der Waals surface area contributed by atoms with E-state index >= 15 is 0 Å². The van der Waals surface area contributed by atoms with Gasteiger partial charge in [0.1, 0.15) is 0 Å². The molecule has 1 aromatic rings. The molecule has 0 aliphatic heterocycles. The fourth-order valence-electron chi connectivity index (χ4n) is 1.74. The van der Waals surface area contributed by atoms with Crippen LogP contribution in [0.4, 0.5) is 0 Å². The Kier molecular flexibility index (Phi) is 4.14. The van der Waals surface area contributed by atoms with Crippen LogP contribution in [0.3, 0.4) is 0 Å². The van der Waals surface area contributed by atoms with Gasteiger partial charge in [0.15, 0.2) is 0 Å². The average Bonchev–Trinajstić information content (AvgIpc) is 2.08. The van der Waals surface area contributed by atoms with Gasteiger partial charge in [-0.25, -0.2) is 0 Å². The van der Waals surface area contributed by atoms with E-state index in [2.05, 4.69) is 48.0 Å². The van der Waals surface area contributed by atoms with Crippen molar-refractivity contribution in [2.24, 2.45) is 5.73 Å². The summed E-state index contributed by atoms with van der Waals surface area (Å²) >= 11 is 3.54. The highest BCUT2D eigenvalue weighted by atomic mass is 79.9. The van der Waals surface area contributed by atoms with Gasteiger partial charge in [-0.15, -0.1) is 0 Å². The van der Waals surface area contributed by atoms with E-state index in [0.29, 0.717) is 0 Å². The molecule has 0 bridgehead atoms. The fourth-order valence-corrected chi connectivity index (χ4v) is 2.16. The number of rotatable bonds is 4. The maximum Gasteiger partial charge on any atom is 0.0207 e. The molecule has 1 unspecified atom stereocenters. The molecule has 0 heterocycles. The molecule has 1 rings (SSSR count). The lowest BCUT2D eigenvalue weighted by Gasteiger charge is -2.24. The van der Waals surface area contributed by atoms with E-state index in [9.17, 15) is 0 Å². The van der Waals surface area contributed by atoms with Crippen LogP contribution in [0.2, 0.25) is 0 Å². The fraction of sp³-hybridized carbons (Fsp3) is 0.500. The van der Waals surface area contributed by atoms with Crippen molar-refractivity contribution in [2.75, 3.05) is 0 Å². The molecule has 0 spiro atoms. The van der Waals surface area contributed by atoms with Crippen molar-refractivity contribution in [3.63, 3.8) is 0 Å². The van der Waals surface area contributed by atoms with Gasteiger partial charge in [0.05, 0.1) is 0 Å². The van der Waals surface area contributed by atoms with Gasteiger partial charge in [-0.3, -0.25) is 0 Å². The number of hydrogen-bond acceptors (Lipinski definition) is 1. The van der Waals surface area contributed by atoms with Gasteiger partial charge in [-0.05, 0) is 31.4 Å². The SMILES string of the molecule is CCCC(C)(N)Cc1ccccc1Br.